The summed E-state index contributed by atoms with van der Waals surface area (Å²) in [6, 6.07) is 10.4. The Kier molecular flexibility index (Phi) is 4.87. The van der Waals surface area contributed by atoms with Crippen molar-refractivity contribution in [2.24, 2.45) is 0 Å². The van der Waals surface area contributed by atoms with E-state index in [1.165, 1.54) is 13.2 Å². The van der Waals surface area contributed by atoms with Crippen LogP contribution < -0.4 is 9.46 Å². The minimum Gasteiger partial charge on any atom is -0.497 e. The van der Waals surface area contributed by atoms with Crippen molar-refractivity contribution in [2.45, 2.75) is 18.4 Å². The maximum atomic E-state index is 12.6. The molecule has 0 aliphatic carbocycles. The second-order valence-corrected chi connectivity index (χ2v) is 7.25. The van der Waals surface area contributed by atoms with E-state index < -0.39 is 10.0 Å². The number of hydrogen-bond donors (Lipinski definition) is 1. The van der Waals surface area contributed by atoms with Crippen molar-refractivity contribution in [3.8, 4) is 17.1 Å². The van der Waals surface area contributed by atoms with E-state index in [0.29, 0.717) is 17.1 Å². The number of pyridine rings is 1. The minimum absolute atomic E-state index is 0.126. The first-order valence-electron chi connectivity index (χ1n) is 7.62. The Morgan fingerprint density at radius 3 is 2.76 bits per heavy atom. The van der Waals surface area contributed by atoms with Gasteiger partial charge < -0.3 is 9.15 Å². The number of nitrogens with zero attached hydrogens (tertiary/aromatic N) is 1. The predicted octanol–water partition coefficient (Wildman–Crippen LogP) is 3.14. The van der Waals surface area contributed by atoms with Crippen molar-refractivity contribution < 1.29 is 17.6 Å². The van der Waals surface area contributed by atoms with Crippen molar-refractivity contribution in [1.29, 1.82) is 0 Å². The topological polar surface area (TPSA) is 81.4 Å². The second kappa shape index (κ2) is 7.08. The Morgan fingerprint density at radius 1 is 1.20 bits per heavy atom. The van der Waals surface area contributed by atoms with Gasteiger partial charge in [0, 0.05) is 30.6 Å². The normalized spacial score (nSPS) is 11.4. The first-order chi connectivity index (χ1) is 12.0. The summed E-state index contributed by atoms with van der Waals surface area (Å²) < 4.78 is 38.3. The van der Waals surface area contributed by atoms with Crippen LogP contribution in [0.1, 0.15) is 11.1 Å². The Balaban J connectivity index is 1.80. The first kappa shape index (κ1) is 17.2. The molecule has 130 valence electrons. The van der Waals surface area contributed by atoms with Crippen LogP contribution in [0, 0.1) is 6.92 Å². The standard InChI is InChI=1S/C18H18N2O4S/c1-13-5-6-16(23-2)9-18(13)25(21,22)20-11-14-8-15(12-19-10-14)17-4-3-7-24-17/h3-10,12,20H,11H2,1-2H3. The van der Waals surface area contributed by atoms with Crippen LogP contribution in [-0.4, -0.2) is 20.5 Å². The lowest BCUT2D eigenvalue weighted by molar-refractivity contribution is 0.413. The van der Waals surface area contributed by atoms with Gasteiger partial charge in [0.2, 0.25) is 10.0 Å². The fraction of sp³-hybridized carbons (Fsp3) is 0.167. The van der Waals surface area contributed by atoms with Crippen LogP contribution >= 0.6 is 0 Å². The Bertz CT molecular complexity index is 967. The van der Waals surface area contributed by atoms with Gasteiger partial charge in [0.15, 0.2) is 0 Å². The molecule has 0 atom stereocenters. The van der Waals surface area contributed by atoms with E-state index in [-0.39, 0.29) is 11.4 Å². The molecule has 0 aliphatic rings. The third-order valence-corrected chi connectivity index (χ3v) is 5.29. The number of aromatic nitrogens is 1. The molecule has 0 saturated heterocycles. The minimum atomic E-state index is -3.67. The number of furan rings is 1. The summed E-state index contributed by atoms with van der Waals surface area (Å²) in [5.41, 5.74) is 2.17. The van der Waals surface area contributed by atoms with E-state index in [0.717, 1.165) is 11.1 Å². The Hall–Kier alpha value is -2.64. The fourth-order valence-electron chi connectivity index (χ4n) is 2.41. The molecule has 1 aromatic carbocycles. The molecule has 1 N–H and O–H groups in total. The van der Waals surface area contributed by atoms with E-state index in [2.05, 4.69) is 9.71 Å². The van der Waals surface area contributed by atoms with Crippen LogP contribution in [0.5, 0.6) is 5.75 Å². The number of ether oxygens (including phenoxy) is 1. The van der Waals surface area contributed by atoms with Gasteiger partial charge in [0.25, 0.3) is 0 Å². The third-order valence-electron chi connectivity index (χ3n) is 3.75. The Labute approximate surface area is 146 Å². The monoisotopic (exact) mass is 358 g/mol. The number of nitrogens with one attached hydrogen (secondary N) is 1. The highest BCUT2D eigenvalue weighted by molar-refractivity contribution is 7.89. The van der Waals surface area contributed by atoms with Crippen molar-refractivity contribution in [1.82, 2.24) is 9.71 Å². The van der Waals surface area contributed by atoms with Crippen molar-refractivity contribution >= 4 is 10.0 Å². The number of benzene rings is 1. The second-order valence-electron chi connectivity index (χ2n) is 5.52. The summed E-state index contributed by atoms with van der Waals surface area (Å²) in [7, 11) is -2.17. The maximum Gasteiger partial charge on any atom is 0.241 e. The molecule has 7 heteroatoms. The van der Waals surface area contributed by atoms with Crippen molar-refractivity contribution in [3.05, 3.63) is 66.2 Å². The molecule has 0 spiro atoms. The smallest absolute Gasteiger partial charge is 0.241 e. The SMILES string of the molecule is COc1ccc(C)c(S(=O)(=O)NCc2cncc(-c3ccco3)c2)c1. The van der Waals surface area contributed by atoms with E-state index >= 15 is 0 Å². The van der Waals surface area contributed by atoms with Gasteiger partial charge in [-0.2, -0.15) is 0 Å². The maximum absolute atomic E-state index is 12.6. The van der Waals surface area contributed by atoms with Crippen LogP contribution in [0.4, 0.5) is 0 Å². The molecule has 0 bridgehead atoms. The van der Waals surface area contributed by atoms with Crippen LogP contribution in [0.2, 0.25) is 0 Å². The molecule has 3 aromatic rings. The summed E-state index contributed by atoms with van der Waals surface area (Å²) in [6.45, 7) is 1.87. The quantitative estimate of drug-likeness (QED) is 0.732. The number of aryl methyl sites for hydroxylation is 1. The highest BCUT2D eigenvalue weighted by Crippen LogP contribution is 2.22. The molecule has 3 rings (SSSR count). The van der Waals surface area contributed by atoms with Gasteiger partial charge in [-0.1, -0.05) is 6.07 Å². The molecule has 0 amide bonds. The Morgan fingerprint density at radius 2 is 2.04 bits per heavy atom. The summed E-state index contributed by atoms with van der Waals surface area (Å²) in [6.07, 6.45) is 4.87. The summed E-state index contributed by atoms with van der Waals surface area (Å²) in [4.78, 5) is 4.34. The van der Waals surface area contributed by atoms with Crippen LogP contribution in [0.3, 0.4) is 0 Å². The van der Waals surface area contributed by atoms with Gasteiger partial charge >= 0.3 is 0 Å². The average molecular weight is 358 g/mol. The molecule has 0 radical (unpaired) electrons. The first-order valence-corrected chi connectivity index (χ1v) is 9.10. The zero-order valence-electron chi connectivity index (χ0n) is 13.9. The third kappa shape index (κ3) is 3.89. The van der Waals surface area contributed by atoms with E-state index in [1.54, 1.807) is 43.8 Å². The molecule has 0 unspecified atom stereocenters. The molecule has 2 heterocycles. The van der Waals surface area contributed by atoms with Crippen LogP contribution in [0.25, 0.3) is 11.3 Å². The number of rotatable bonds is 6. The lowest BCUT2D eigenvalue weighted by Gasteiger charge is -2.11. The van der Waals surface area contributed by atoms with E-state index in [9.17, 15) is 8.42 Å². The fourth-order valence-corrected chi connectivity index (χ4v) is 3.69. The van der Waals surface area contributed by atoms with Crippen LogP contribution in [0.15, 0.2) is 64.4 Å². The zero-order chi connectivity index (χ0) is 17.9. The number of sulfonamides is 1. The van der Waals surface area contributed by atoms with E-state index in [1.807, 2.05) is 12.1 Å². The summed E-state index contributed by atoms with van der Waals surface area (Å²) >= 11 is 0. The van der Waals surface area contributed by atoms with Gasteiger partial charge in [-0.15, -0.1) is 0 Å². The predicted molar refractivity (Wildman–Crippen MR) is 93.7 cm³/mol. The summed E-state index contributed by atoms with van der Waals surface area (Å²) in [5, 5.41) is 0. The molecular formula is C18H18N2O4S. The van der Waals surface area contributed by atoms with Gasteiger partial charge in [0.1, 0.15) is 11.5 Å². The van der Waals surface area contributed by atoms with Gasteiger partial charge in [-0.05, 0) is 42.3 Å². The highest BCUT2D eigenvalue weighted by atomic mass is 32.2. The molecule has 25 heavy (non-hydrogen) atoms. The number of hydrogen-bond acceptors (Lipinski definition) is 5. The van der Waals surface area contributed by atoms with Crippen molar-refractivity contribution in [3.63, 3.8) is 0 Å². The van der Waals surface area contributed by atoms with E-state index in [4.69, 9.17) is 9.15 Å². The zero-order valence-corrected chi connectivity index (χ0v) is 14.7. The largest absolute Gasteiger partial charge is 0.497 e. The lowest BCUT2D eigenvalue weighted by atomic mass is 10.2. The summed E-state index contributed by atoms with van der Waals surface area (Å²) in [5.74, 6) is 1.17. The average Bonchev–Trinajstić information content (AvgIpc) is 3.15. The number of methoxy groups -OCH3 is 1. The van der Waals surface area contributed by atoms with Gasteiger partial charge in [-0.3, -0.25) is 4.98 Å². The van der Waals surface area contributed by atoms with Gasteiger partial charge in [-0.25, -0.2) is 13.1 Å². The molecule has 0 saturated carbocycles. The lowest BCUT2D eigenvalue weighted by Crippen LogP contribution is -2.24. The molecule has 2 aromatic heterocycles. The molecule has 0 fully saturated rings. The molecule has 6 nitrogen and oxygen atoms in total. The molecule has 0 aliphatic heterocycles. The van der Waals surface area contributed by atoms with Crippen molar-refractivity contribution in [2.75, 3.05) is 7.11 Å². The van der Waals surface area contributed by atoms with Gasteiger partial charge in [0.05, 0.1) is 18.3 Å². The highest BCUT2D eigenvalue weighted by Gasteiger charge is 2.17. The molecular weight excluding hydrogens is 340 g/mol. The van der Waals surface area contributed by atoms with Crippen LogP contribution in [-0.2, 0) is 16.6 Å².